The number of carbonyl (C=O) groups is 1. The maximum Gasteiger partial charge on any atom is 0.237 e. The van der Waals surface area contributed by atoms with Crippen LogP contribution in [-0.2, 0) is 4.79 Å². The molecule has 0 aromatic rings. The number of primary amides is 1. The number of nitrogens with one attached hydrogen (secondary N) is 1. The van der Waals surface area contributed by atoms with E-state index in [2.05, 4.69) is 24.1 Å². The van der Waals surface area contributed by atoms with Crippen molar-refractivity contribution in [2.45, 2.75) is 46.1 Å². The summed E-state index contributed by atoms with van der Waals surface area (Å²) in [4.78, 5) is 13.7. The Kier molecular flexibility index (Phi) is 7.34. The van der Waals surface area contributed by atoms with Gasteiger partial charge in [-0.15, -0.1) is 0 Å². The summed E-state index contributed by atoms with van der Waals surface area (Å²) in [7, 11) is 0. The Balaban J connectivity index is 4.08. The van der Waals surface area contributed by atoms with Crippen LogP contribution in [0.15, 0.2) is 0 Å². The summed E-state index contributed by atoms with van der Waals surface area (Å²) in [6.45, 7) is 12.1. The fourth-order valence-corrected chi connectivity index (χ4v) is 1.88. The van der Waals surface area contributed by atoms with Crippen LogP contribution in [0.2, 0.25) is 0 Å². The lowest BCUT2D eigenvalue weighted by Crippen LogP contribution is -2.53. The van der Waals surface area contributed by atoms with E-state index in [4.69, 9.17) is 5.73 Å². The summed E-state index contributed by atoms with van der Waals surface area (Å²) < 4.78 is 0. The van der Waals surface area contributed by atoms with Crippen molar-refractivity contribution < 1.29 is 4.79 Å². The first-order valence-electron chi connectivity index (χ1n) is 6.27. The molecule has 0 saturated carbocycles. The Hall–Kier alpha value is -0.610. The maximum atomic E-state index is 11.4. The van der Waals surface area contributed by atoms with E-state index >= 15 is 0 Å². The number of carbonyl (C=O) groups excluding carboxylic acids is 1. The first kappa shape index (κ1) is 15.4. The molecule has 0 radical (unpaired) electrons. The minimum absolute atomic E-state index is 0.256. The van der Waals surface area contributed by atoms with Gasteiger partial charge >= 0.3 is 0 Å². The Morgan fingerprint density at radius 2 is 1.88 bits per heavy atom. The van der Waals surface area contributed by atoms with Gasteiger partial charge in [-0.05, 0) is 45.9 Å². The number of amides is 1. The van der Waals surface area contributed by atoms with Crippen molar-refractivity contribution in [3.63, 3.8) is 0 Å². The molecule has 16 heavy (non-hydrogen) atoms. The summed E-state index contributed by atoms with van der Waals surface area (Å²) in [5.74, 6) is -0.256. The number of hydrogen-bond acceptors (Lipinski definition) is 3. The van der Waals surface area contributed by atoms with Crippen LogP contribution in [0.3, 0.4) is 0 Å². The third kappa shape index (κ3) is 4.94. The second kappa shape index (κ2) is 7.63. The van der Waals surface area contributed by atoms with Gasteiger partial charge in [0, 0.05) is 0 Å². The second-order valence-corrected chi connectivity index (χ2v) is 4.36. The second-order valence-electron chi connectivity index (χ2n) is 4.36. The summed E-state index contributed by atoms with van der Waals surface area (Å²) in [6, 6.07) is 0. The lowest BCUT2D eigenvalue weighted by molar-refractivity contribution is -0.124. The molecule has 0 aromatic heterocycles. The standard InChI is InChI=1S/C12H27N3O/c1-5-14-12(4,11(13)16)9-8-10-15(6-2)7-3/h14H,5-10H2,1-4H3,(H2,13,16). The van der Waals surface area contributed by atoms with E-state index in [1.165, 1.54) is 0 Å². The van der Waals surface area contributed by atoms with E-state index in [0.29, 0.717) is 0 Å². The van der Waals surface area contributed by atoms with Crippen LogP contribution < -0.4 is 11.1 Å². The molecule has 0 fully saturated rings. The molecule has 1 atom stereocenters. The lowest BCUT2D eigenvalue weighted by atomic mass is 9.94. The molecule has 0 aliphatic carbocycles. The van der Waals surface area contributed by atoms with Crippen molar-refractivity contribution in [3.05, 3.63) is 0 Å². The summed E-state index contributed by atoms with van der Waals surface area (Å²) in [5, 5.41) is 3.18. The first-order valence-corrected chi connectivity index (χ1v) is 6.27. The highest BCUT2D eigenvalue weighted by atomic mass is 16.1. The van der Waals surface area contributed by atoms with Gasteiger partial charge in [-0.3, -0.25) is 4.79 Å². The maximum absolute atomic E-state index is 11.4. The number of nitrogens with zero attached hydrogens (tertiary/aromatic N) is 1. The van der Waals surface area contributed by atoms with E-state index in [0.717, 1.165) is 39.0 Å². The fourth-order valence-electron chi connectivity index (χ4n) is 1.88. The number of hydrogen-bond donors (Lipinski definition) is 2. The molecule has 3 N–H and O–H groups in total. The highest BCUT2D eigenvalue weighted by Crippen LogP contribution is 2.12. The molecule has 1 amide bonds. The molecule has 0 saturated heterocycles. The van der Waals surface area contributed by atoms with Crippen molar-refractivity contribution >= 4 is 5.91 Å². The number of likely N-dealkylation sites (N-methyl/N-ethyl adjacent to an activating group) is 1. The van der Waals surface area contributed by atoms with Crippen molar-refractivity contribution in [2.24, 2.45) is 5.73 Å². The van der Waals surface area contributed by atoms with E-state index in [9.17, 15) is 4.79 Å². The minimum atomic E-state index is -0.554. The Bertz CT molecular complexity index is 204. The van der Waals surface area contributed by atoms with Gasteiger partial charge in [0.25, 0.3) is 0 Å². The van der Waals surface area contributed by atoms with Crippen molar-refractivity contribution in [1.29, 1.82) is 0 Å². The average molecular weight is 229 g/mol. The Morgan fingerprint density at radius 1 is 1.31 bits per heavy atom. The summed E-state index contributed by atoms with van der Waals surface area (Å²) in [5.41, 5.74) is 4.87. The van der Waals surface area contributed by atoms with E-state index in [1.54, 1.807) is 0 Å². The molecule has 0 heterocycles. The van der Waals surface area contributed by atoms with Gasteiger partial charge in [0.15, 0.2) is 0 Å². The van der Waals surface area contributed by atoms with Gasteiger partial charge in [0.2, 0.25) is 5.91 Å². The van der Waals surface area contributed by atoms with Gasteiger partial charge in [-0.2, -0.15) is 0 Å². The van der Waals surface area contributed by atoms with Crippen LogP contribution in [-0.4, -0.2) is 42.5 Å². The highest BCUT2D eigenvalue weighted by Gasteiger charge is 2.29. The predicted molar refractivity (Wildman–Crippen MR) is 68.3 cm³/mol. The summed E-state index contributed by atoms with van der Waals surface area (Å²) in [6.07, 6.45) is 1.79. The largest absolute Gasteiger partial charge is 0.368 e. The fraction of sp³-hybridized carbons (Fsp3) is 0.917. The molecule has 0 bridgehead atoms. The zero-order valence-electron chi connectivity index (χ0n) is 11.2. The van der Waals surface area contributed by atoms with Crippen LogP contribution in [0.4, 0.5) is 0 Å². The van der Waals surface area contributed by atoms with Crippen LogP contribution in [0.1, 0.15) is 40.5 Å². The van der Waals surface area contributed by atoms with Gasteiger partial charge in [-0.1, -0.05) is 20.8 Å². The van der Waals surface area contributed by atoms with Crippen molar-refractivity contribution in [3.8, 4) is 0 Å². The van der Waals surface area contributed by atoms with Gasteiger partial charge in [0.1, 0.15) is 0 Å². The predicted octanol–water partition coefficient (Wildman–Crippen LogP) is 0.962. The van der Waals surface area contributed by atoms with Gasteiger partial charge in [-0.25, -0.2) is 0 Å². The van der Waals surface area contributed by atoms with Crippen molar-refractivity contribution in [1.82, 2.24) is 10.2 Å². The molecule has 0 rings (SSSR count). The van der Waals surface area contributed by atoms with Gasteiger partial charge < -0.3 is 16.0 Å². The summed E-state index contributed by atoms with van der Waals surface area (Å²) >= 11 is 0. The molecule has 0 aliphatic rings. The monoisotopic (exact) mass is 229 g/mol. The van der Waals surface area contributed by atoms with Crippen LogP contribution in [0.5, 0.6) is 0 Å². The molecular weight excluding hydrogens is 202 g/mol. The molecule has 4 heteroatoms. The quantitative estimate of drug-likeness (QED) is 0.619. The smallest absolute Gasteiger partial charge is 0.237 e. The number of nitrogens with two attached hydrogens (primary N) is 1. The molecule has 96 valence electrons. The van der Waals surface area contributed by atoms with E-state index in [-0.39, 0.29) is 5.91 Å². The lowest BCUT2D eigenvalue weighted by Gasteiger charge is -2.28. The van der Waals surface area contributed by atoms with Gasteiger partial charge in [0.05, 0.1) is 5.54 Å². The first-order chi connectivity index (χ1) is 7.50. The molecular formula is C12H27N3O. The van der Waals surface area contributed by atoms with E-state index in [1.807, 2.05) is 13.8 Å². The molecule has 0 aliphatic heterocycles. The van der Waals surface area contributed by atoms with Crippen LogP contribution in [0.25, 0.3) is 0 Å². The molecule has 0 spiro atoms. The third-order valence-corrected chi connectivity index (χ3v) is 3.16. The highest BCUT2D eigenvalue weighted by molar-refractivity contribution is 5.84. The molecule has 0 aromatic carbocycles. The Labute approximate surface area is 99.6 Å². The average Bonchev–Trinajstić information content (AvgIpc) is 2.24. The third-order valence-electron chi connectivity index (χ3n) is 3.16. The molecule has 4 nitrogen and oxygen atoms in total. The van der Waals surface area contributed by atoms with Crippen LogP contribution >= 0.6 is 0 Å². The zero-order valence-corrected chi connectivity index (χ0v) is 11.2. The Morgan fingerprint density at radius 3 is 2.25 bits per heavy atom. The zero-order chi connectivity index (χ0) is 12.6. The topological polar surface area (TPSA) is 58.4 Å². The normalized spacial score (nSPS) is 15.1. The number of rotatable bonds is 9. The van der Waals surface area contributed by atoms with Crippen molar-refractivity contribution in [2.75, 3.05) is 26.2 Å². The SMILES string of the molecule is CCNC(C)(CCCN(CC)CC)C(N)=O. The minimum Gasteiger partial charge on any atom is -0.368 e. The van der Waals surface area contributed by atoms with E-state index < -0.39 is 5.54 Å². The van der Waals surface area contributed by atoms with Crippen LogP contribution in [0, 0.1) is 0 Å². The molecule has 1 unspecified atom stereocenters.